The molecule has 0 N–H and O–H groups in total. The Morgan fingerprint density at radius 1 is 0.885 bits per heavy atom. The summed E-state index contributed by atoms with van der Waals surface area (Å²) >= 11 is -1.97. The van der Waals surface area contributed by atoms with Gasteiger partial charge in [0.2, 0.25) is 0 Å². The van der Waals surface area contributed by atoms with Crippen LogP contribution < -0.4 is 3.32 Å². The van der Waals surface area contributed by atoms with Crippen LogP contribution in [-0.4, -0.2) is 15.1 Å². The van der Waals surface area contributed by atoms with E-state index in [0.29, 0.717) is 5.54 Å². The van der Waals surface area contributed by atoms with Gasteiger partial charge in [0, 0.05) is 0 Å². The van der Waals surface area contributed by atoms with Crippen LogP contribution in [0.4, 0.5) is 0 Å². The molecule has 0 bridgehead atoms. The summed E-state index contributed by atoms with van der Waals surface area (Å²) in [7, 11) is 1.15. The van der Waals surface area contributed by atoms with Crippen LogP contribution in [0.5, 0.6) is 5.75 Å². The number of halogens is 2. The van der Waals surface area contributed by atoms with E-state index in [1.165, 1.54) is 31.7 Å². The molecule has 5 heteroatoms. The average molecular weight is 441 g/mol. The molecule has 1 aliphatic carbocycles. The van der Waals surface area contributed by atoms with Crippen LogP contribution in [0.2, 0.25) is 5.54 Å². The summed E-state index contributed by atoms with van der Waals surface area (Å²) in [4.78, 5) is 4.47. The fourth-order valence-corrected chi connectivity index (χ4v) is 8.43. The zero-order valence-electron chi connectivity index (χ0n) is 15.7. The third-order valence-electron chi connectivity index (χ3n) is 5.12. The fourth-order valence-electron chi connectivity index (χ4n) is 3.38. The van der Waals surface area contributed by atoms with Crippen molar-refractivity contribution in [1.29, 1.82) is 0 Å². The second-order valence-corrected chi connectivity index (χ2v) is 10.1. The molecule has 0 saturated heterocycles. The number of rotatable bonds is 4. The summed E-state index contributed by atoms with van der Waals surface area (Å²) < 4.78 is 7.92. The second-order valence-electron chi connectivity index (χ2n) is 6.49. The minimum absolute atomic E-state index is 0. The van der Waals surface area contributed by atoms with Crippen molar-refractivity contribution in [1.82, 2.24) is 0 Å². The minimum atomic E-state index is -1.97. The molecule has 1 atom stereocenters. The van der Waals surface area contributed by atoms with Crippen LogP contribution >= 0.6 is 24.8 Å². The van der Waals surface area contributed by atoms with Gasteiger partial charge in [-0.05, 0) is 0 Å². The molecule has 1 aliphatic rings. The second kappa shape index (κ2) is 9.87. The van der Waals surface area contributed by atoms with Crippen LogP contribution in [0, 0.1) is 0 Å². The van der Waals surface area contributed by atoms with Crippen LogP contribution in [-0.2, 0) is 17.8 Å². The fraction of sp³-hybridized carbons (Fsp3) is 0.190. The van der Waals surface area contributed by atoms with Crippen LogP contribution in [0.1, 0.15) is 20.8 Å². The van der Waals surface area contributed by atoms with Crippen LogP contribution in [0.25, 0.3) is 11.1 Å². The van der Waals surface area contributed by atoms with E-state index >= 15 is 0 Å². The van der Waals surface area contributed by atoms with Crippen molar-refractivity contribution in [3.8, 4) is 16.9 Å². The Kier molecular flexibility index (Phi) is 8.78. The molecule has 3 rings (SSSR count). The van der Waals surface area contributed by atoms with Gasteiger partial charge in [-0.1, -0.05) is 0 Å². The Bertz CT molecular complexity index is 859. The summed E-state index contributed by atoms with van der Waals surface area (Å²) in [6, 6.07) is 18.9. The molecule has 0 fully saturated rings. The van der Waals surface area contributed by atoms with Gasteiger partial charge in [-0.2, -0.15) is 0 Å². The molecular formula is C21H26Cl2OSiTi. The Morgan fingerprint density at radius 3 is 2.08 bits per heavy atom. The molecular weight excluding hydrogens is 415 g/mol. The zero-order chi connectivity index (χ0) is 17.3. The maximum atomic E-state index is 6.39. The number of hydrogen-bond acceptors (Lipinski definition) is 1. The first-order valence-corrected chi connectivity index (χ1v) is 12.1. The first-order chi connectivity index (χ1) is 11.5. The van der Waals surface area contributed by atoms with E-state index < -0.39 is 17.8 Å². The molecule has 0 heterocycles. The van der Waals surface area contributed by atoms with Crippen molar-refractivity contribution in [3.63, 3.8) is 0 Å². The molecule has 0 amide bonds. The number of allylic oxidation sites excluding steroid dienone is 4. The van der Waals surface area contributed by atoms with Gasteiger partial charge in [-0.3, -0.25) is 0 Å². The van der Waals surface area contributed by atoms with Gasteiger partial charge >= 0.3 is 155 Å². The molecule has 26 heavy (non-hydrogen) atoms. The molecule has 0 aliphatic heterocycles. The molecule has 0 spiro atoms. The van der Waals surface area contributed by atoms with E-state index in [9.17, 15) is 0 Å². The van der Waals surface area contributed by atoms with Gasteiger partial charge in [0.1, 0.15) is 0 Å². The molecule has 0 radical (unpaired) electrons. The summed E-state index contributed by atoms with van der Waals surface area (Å²) in [5.41, 5.74) is 7.47. The summed E-state index contributed by atoms with van der Waals surface area (Å²) in [5, 5.41) is 0. The normalized spacial score (nSPS) is 16.2. The van der Waals surface area contributed by atoms with E-state index in [1.54, 1.807) is 0 Å². The predicted octanol–water partition coefficient (Wildman–Crippen LogP) is 5.32. The Morgan fingerprint density at radius 2 is 1.50 bits per heavy atom. The average Bonchev–Trinajstić information content (AvgIpc) is 2.79. The molecule has 2 aromatic rings. The van der Waals surface area contributed by atoms with E-state index in [1.807, 2.05) is 6.07 Å². The maximum absolute atomic E-state index is 6.39. The molecule has 138 valence electrons. The van der Waals surface area contributed by atoms with E-state index in [2.05, 4.69) is 74.1 Å². The van der Waals surface area contributed by atoms with Crippen molar-refractivity contribution in [2.24, 2.45) is 0 Å². The van der Waals surface area contributed by atoms with Crippen molar-refractivity contribution in [3.05, 3.63) is 75.2 Å². The van der Waals surface area contributed by atoms with E-state index in [-0.39, 0.29) is 24.8 Å². The topological polar surface area (TPSA) is 9.23 Å². The Balaban J connectivity index is 0.00000169. The third kappa shape index (κ3) is 4.68. The third-order valence-corrected chi connectivity index (χ3v) is 10.4. The summed E-state index contributed by atoms with van der Waals surface area (Å²) in [6.45, 7) is 6.75. The number of hydrogen-bond donors (Lipinski definition) is 0. The molecule has 1 nitrogen and oxygen atoms in total. The van der Waals surface area contributed by atoms with Gasteiger partial charge in [0.25, 0.3) is 0 Å². The first kappa shape index (κ1) is 23.1. The van der Waals surface area contributed by atoms with Crippen LogP contribution in [0.3, 0.4) is 0 Å². The molecule has 1 unspecified atom stereocenters. The molecule has 0 saturated carbocycles. The van der Waals surface area contributed by atoms with Gasteiger partial charge in [0.05, 0.1) is 0 Å². The zero-order valence-corrected chi connectivity index (χ0v) is 20.9. The van der Waals surface area contributed by atoms with Crippen molar-refractivity contribution in [2.45, 2.75) is 26.3 Å². The van der Waals surface area contributed by atoms with Gasteiger partial charge < -0.3 is 0 Å². The van der Waals surface area contributed by atoms with Gasteiger partial charge in [0.15, 0.2) is 0 Å². The Labute approximate surface area is 178 Å². The van der Waals surface area contributed by atoms with E-state index in [0.717, 1.165) is 16.0 Å². The van der Waals surface area contributed by atoms with Crippen LogP contribution in [0.15, 0.2) is 75.2 Å². The monoisotopic (exact) mass is 440 g/mol. The van der Waals surface area contributed by atoms with Crippen molar-refractivity contribution in [2.75, 3.05) is 0 Å². The SMILES string of the molecule is Cl.Cl.[CH2]=[Ti]([O]c1cccc(-c2ccccc2)c1)[C]1=C(C)C(C)=C(C)C1[SiH3]. The first-order valence-electron chi connectivity index (χ1n) is 8.40. The quantitative estimate of drug-likeness (QED) is 0.584. The van der Waals surface area contributed by atoms with E-state index in [4.69, 9.17) is 3.32 Å². The van der Waals surface area contributed by atoms with Gasteiger partial charge in [-0.25, -0.2) is 0 Å². The standard InChI is InChI=1S/C12H10O.C8H13Si.CH2.2ClH.Ti/c13-12-8-4-7-11(9-12)10-5-2-1-3-6-10;1-5-4-8(9)7(3)6(5)2;;;;/h1-9,13H;8H,1-3,9H3;1H2;2*1H;/q;;;;;+1/p-1. The summed E-state index contributed by atoms with van der Waals surface area (Å²) in [5.74, 6) is 0.956. The van der Waals surface area contributed by atoms with Gasteiger partial charge in [-0.15, -0.1) is 24.8 Å². The Hall–Kier alpha value is -0.899. The van der Waals surface area contributed by atoms with Crippen molar-refractivity contribution >= 4 is 39.9 Å². The predicted molar refractivity (Wildman–Crippen MR) is 119 cm³/mol. The summed E-state index contributed by atoms with van der Waals surface area (Å²) in [6.07, 6.45) is 0. The number of benzene rings is 2. The molecule has 0 aromatic heterocycles. The molecule has 2 aromatic carbocycles. The van der Waals surface area contributed by atoms with Crippen molar-refractivity contribution < 1.29 is 21.1 Å².